The Hall–Kier alpha value is -1.57. The van der Waals surface area contributed by atoms with Crippen molar-refractivity contribution in [2.45, 2.75) is 34.1 Å². The summed E-state index contributed by atoms with van der Waals surface area (Å²) >= 11 is 0. The number of nitrogens with one attached hydrogen (secondary N) is 1. The van der Waals surface area contributed by atoms with Gasteiger partial charge in [0.1, 0.15) is 5.82 Å². The van der Waals surface area contributed by atoms with Crippen LogP contribution in [0.25, 0.3) is 5.57 Å². The van der Waals surface area contributed by atoms with Gasteiger partial charge in [-0.25, -0.2) is 4.98 Å². The average Bonchev–Trinajstić information content (AvgIpc) is 2.36. The van der Waals surface area contributed by atoms with E-state index in [-0.39, 0.29) is 0 Å². The summed E-state index contributed by atoms with van der Waals surface area (Å²) in [6.45, 7) is 9.52. The van der Waals surface area contributed by atoms with Crippen molar-refractivity contribution in [1.82, 2.24) is 4.98 Å². The lowest BCUT2D eigenvalue weighted by molar-refractivity contribution is 0.833. The minimum Gasteiger partial charge on any atom is -0.370 e. The molecular weight excluding hydrogens is 220 g/mol. The number of hydrogen-bond donors (Lipinski definition) is 1. The molecule has 0 fully saturated rings. The summed E-state index contributed by atoms with van der Waals surface area (Å²) in [6, 6.07) is 6.13. The Morgan fingerprint density at radius 3 is 2.78 bits per heavy atom. The zero-order valence-corrected chi connectivity index (χ0v) is 11.9. The second kappa shape index (κ2) is 7.70. The Morgan fingerprint density at radius 1 is 1.39 bits per heavy atom. The lowest BCUT2D eigenvalue weighted by atomic mass is 10.1. The maximum Gasteiger partial charge on any atom is 0.126 e. The van der Waals surface area contributed by atoms with Crippen LogP contribution in [-0.4, -0.2) is 11.5 Å². The molecular formula is C16H24N2. The number of hydrogen-bond acceptors (Lipinski definition) is 2. The van der Waals surface area contributed by atoms with Crippen LogP contribution in [0.3, 0.4) is 0 Å². The fourth-order valence-corrected chi connectivity index (χ4v) is 1.71. The molecule has 0 amide bonds. The summed E-state index contributed by atoms with van der Waals surface area (Å²) in [5.41, 5.74) is 2.22. The summed E-state index contributed by atoms with van der Waals surface area (Å²) in [4.78, 5) is 4.65. The van der Waals surface area contributed by atoms with Crippen LogP contribution < -0.4 is 5.32 Å². The van der Waals surface area contributed by atoms with Gasteiger partial charge >= 0.3 is 0 Å². The number of pyridine rings is 1. The van der Waals surface area contributed by atoms with E-state index in [1.807, 2.05) is 13.0 Å². The Labute approximate surface area is 111 Å². The van der Waals surface area contributed by atoms with Crippen LogP contribution in [0.2, 0.25) is 0 Å². The molecule has 98 valence electrons. The first-order chi connectivity index (χ1) is 8.67. The predicted octanol–water partition coefficient (Wildman–Crippen LogP) is 4.52. The fraction of sp³-hybridized carbons (Fsp3) is 0.438. The van der Waals surface area contributed by atoms with Crippen molar-refractivity contribution in [2.24, 2.45) is 5.92 Å². The molecule has 0 radical (unpaired) electrons. The second-order valence-corrected chi connectivity index (χ2v) is 4.70. The SMILES string of the molecule is C/C=C\C(=C/C(C)C)c1cccc(NCCC)n1. The third-order valence-electron chi connectivity index (χ3n) is 2.46. The van der Waals surface area contributed by atoms with Gasteiger partial charge < -0.3 is 5.32 Å². The van der Waals surface area contributed by atoms with E-state index in [1.165, 1.54) is 5.57 Å². The van der Waals surface area contributed by atoms with Crippen LogP contribution in [0.1, 0.15) is 39.8 Å². The van der Waals surface area contributed by atoms with Crippen molar-refractivity contribution < 1.29 is 0 Å². The Kier molecular flexibility index (Phi) is 6.20. The topological polar surface area (TPSA) is 24.9 Å². The van der Waals surface area contributed by atoms with Crippen LogP contribution in [0.4, 0.5) is 5.82 Å². The molecule has 0 atom stereocenters. The molecule has 2 nitrogen and oxygen atoms in total. The van der Waals surface area contributed by atoms with E-state index in [4.69, 9.17) is 0 Å². The summed E-state index contributed by atoms with van der Waals surface area (Å²) in [7, 11) is 0. The molecule has 1 N–H and O–H groups in total. The molecule has 1 heterocycles. The van der Waals surface area contributed by atoms with Gasteiger partial charge in [-0.1, -0.05) is 45.1 Å². The van der Waals surface area contributed by atoms with E-state index in [0.717, 1.165) is 24.5 Å². The monoisotopic (exact) mass is 244 g/mol. The van der Waals surface area contributed by atoms with Crippen LogP contribution in [0.15, 0.2) is 36.4 Å². The zero-order chi connectivity index (χ0) is 13.4. The van der Waals surface area contributed by atoms with Gasteiger partial charge in [-0.05, 0) is 37.0 Å². The zero-order valence-electron chi connectivity index (χ0n) is 11.9. The minimum atomic E-state index is 0.519. The highest BCUT2D eigenvalue weighted by molar-refractivity contribution is 5.72. The summed E-state index contributed by atoms with van der Waals surface area (Å²) in [5, 5.41) is 3.32. The molecule has 2 heteroatoms. The normalized spacial score (nSPS) is 12.4. The highest BCUT2D eigenvalue weighted by Gasteiger charge is 2.02. The van der Waals surface area contributed by atoms with Crippen molar-refractivity contribution in [2.75, 3.05) is 11.9 Å². The van der Waals surface area contributed by atoms with Gasteiger partial charge in [0.25, 0.3) is 0 Å². The lowest BCUT2D eigenvalue weighted by Crippen LogP contribution is -2.02. The summed E-state index contributed by atoms with van der Waals surface area (Å²) in [5.74, 6) is 1.47. The number of nitrogens with zero attached hydrogens (tertiary/aromatic N) is 1. The molecule has 0 saturated heterocycles. The standard InChI is InChI=1S/C16H24N2/c1-5-8-14(12-13(3)4)15-9-7-10-16(18-15)17-11-6-2/h5,7-10,12-13H,6,11H2,1-4H3,(H,17,18)/b8-5-,14-12+. The van der Waals surface area contributed by atoms with Gasteiger partial charge in [0.05, 0.1) is 5.69 Å². The van der Waals surface area contributed by atoms with Gasteiger partial charge in [0.2, 0.25) is 0 Å². The molecule has 0 spiro atoms. The van der Waals surface area contributed by atoms with E-state index >= 15 is 0 Å². The number of allylic oxidation sites excluding steroid dienone is 4. The molecule has 1 aromatic rings. The molecule has 0 saturated carbocycles. The third kappa shape index (κ3) is 4.74. The van der Waals surface area contributed by atoms with Crippen molar-refractivity contribution in [3.8, 4) is 0 Å². The van der Waals surface area contributed by atoms with E-state index in [1.54, 1.807) is 0 Å². The third-order valence-corrected chi connectivity index (χ3v) is 2.46. The summed E-state index contributed by atoms with van der Waals surface area (Å²) in [6.07, 6.45) is 7.52. The second-order valence-electron chi connectivity index (χ2n) is 4.70. The minimum absolute atomic E-state index is 0.519. The Balaban J connectivity index is 2.98. The van der Waals surface area contributed by atoms with E-state index in [0.29, 0.717) is 5.92 Å². The Bertz CT molecular complexity index is 417. The molecule has 0 bridgehead atoms. The smallest absolute Gasteiger partial charge is 0.126 e. The van der Waals surface area contributed by atoms with Gasteiger partial charge in [0.15, 0.2) is 0 Å². The van der Waals surface area contributed by atoms with E-state index in [2.05, 4.69) is 61.4 Å². The summed E-state index contributed by atoms with van der Waals surface area (Å²) < 4.78 is 0. The largest absolute Gasteiger partial charge is 0.370 e. The van der Waals surface area contributed by atoms with Crippen LogP contribution in [0.5, 0.6) is 0 Å². The molecule has 0 aliphatic carbocycles. The quantitative estimate of drug-likeness (QED) is 0.744. The molecule has 0 aromatic carbocycles. The molecule has 0 aliphatic rings. The molecule has 0 unspecified atom stereocenters. The number of aromatic nitrogens is 1. The molecule has 0 aliphatic heterocycles. The Morgan fingerprint density at radius 2 is 2.17 bits per heavy atom. The van der Waals surface area contributed by atoms with Crippen molar-refractivity contribution in [1.29, 1.82) is 0 Å². The first-order valence-electron chi connectivity index (χ1n) is 6.73. The maximum absolute atomic E-state index is 4.65. The van der Waals surface area contributed by atoms with Crippen LogP contribution in [0, 0.1) is 5.92 Å². The van der Waals surface area contributed by atoms with Crippen LogP contribution >= 0.6 is 0 Å². The first kappa shape index (κ1) is 14.5. The van der Waals surface area contributed by atoms with Crippen molar-refractivity contribution in [3.63, 3.8) is 0 Å². The maximum atomic E-state index is 4.65. The van der Waals surface area contributed by atoms with Crippen LogP contribution in [-0.2, 0) is 0 Å². The molecule has 1 rings (SSSR count). The van der Waals surface area contributed by atoms with Gasteiger partial charge in [-0.2, -0.15) is 0 Å². The average molecular weight is 244 g/mol. The van der Waals surface area contributed by atoms with E-state index in [9.17, 15) is 0 Å². The fourth-order valence-electron chi connectivity index (χ4n) is 1.71. The first-order valence-corrected chi connectivity index (χ1v) is 6.73. The van der Waals surface area contributed by atoms with E-state index < -0.39 is 0 Å². The number of anilines is 1. The van der Waals surface area contributed by atoms with Gasteiger partial charge in [0, 0.05) is 6.54 Å². The van der Waals surface area contributed by atoms with Crippen molar-refractivity contribution >= 4 is 11.4 Å². The highest BCUT2D eigenvalue weighted by atomic mass is 15.0. The predicted molar refractivity (Wildman–Crippen MR) is 80.6 cm³/mol. The van der Waals surface area contributed by atoms with Gasteiger partial charge in [-0.15, -0.1) is 0 Å². The highest BCUT2D eigenvalue weighted by Crippen LogP contribution is 2.18. The lowest BCUT2D eigenvalue weighted by Gasteiger charge is -2.08. The van der Waals surface area contributed by atoms with Crippen molar-refractivity contribution in [3.05, 3.63) is 42.1 Å². The number of rotatable bonds is 6. The van der Waals surface area contributed by atoms with Gasteiger partial charge in [-0.3, -0.25) is 0 Å². The molecule has 1 aromatic heterocycles. The molecule has 18 heavy (non-hydrogen) atoms.